The number of hydrogen-bond acceptors (Lipinski definition) is 4. The Kier molecular flexibility index (Phi) is 5.23. The second-order valence-electron chi connectivity index (χ2n) is 7.78. The molecule has 4 nitrogen and oxygen atoms in total. The molecule has 2 aromatic heterocycles. The van der Waals surface area contributed by atoms with E-state index in [-0.39, 0.29) is 5.91 Å². The normalized spacial score (nSPS) is 12.9. The summed E-state index contributed by atoms with van der Waals surface area (Å²) in [5.74, 6) is -0.0873. The molecule has 0 unspecified atom stereocenters. The summed E-state index contributed by atoms with van der Waals surface area (Å²) in [6.07, 6.45) is 7.64. The molecule has 4 aromatic rings. The van der Waals surface area contributed by atoms with Crippen molar-refractivity contribution in [2.75, 3.05) is 4.90 Å². The maximum atomic E-state index is 13.9. The number of aromatic nitrogens is 1. The van der Waals surface area contributed by atoms with Crippen LogP contribution in [0.25, 0.3) is 10.8 Å². The SMILES string of the molecule is N#Cc1c(N(Cc2cccnc2)C(=O)c2cccc3ccccc23)sc2c1CCCC2. The Bertz CT molecular complexity index is 1300. The van der Waals surface area contributed by atoms with Crippen LogP contribution in [0.5, 0.6) is 0 Å². The summed E-state index contributed by atoms with van der Waals surface area (Å²) in [5.41, 5.74) is 3.39. The van der Waals surface area contributed by atoms with Gasteiger partial charge in [0.2, 0.25) is 0 Å². The molecule has 0 radical (unpaired) electrons. The Morgan fingerprint density at radius 1 is 1.06 bits per heavy atom. The number of hydrogen-bond donors (Lipinski definition) is 0. The molecular formula is C26H21N3OS. The van der Waals surface area contributed by atoms with E-state index in [1.165, 1.54) is 4.88 Å². The quantitative estimate of drug-likeness (QED) is 0.411. The van der Waals surface area contributed by atoms with Crippen molar-refractivity contribution in [2.45, 2.75) is 32.2 Å². The van der Waals surface area contributed by atoms with Gasteiger partial charge in [0, 0.05) is 22.8 Å². The van der Waals surface area contributed by atoms with Crippen LogP contribution in [0, 0.1) is 11.3 Å². The lowest BCUT2D eigenvalue weighted by Crippen LogP contribution is -2.30. The standard InChI is InChI=1S/C26H21N3OS/c27-15-23-21-11-3-4-13-24(21)31-26(23)29(17-18-7-6-14-28-16-18)25(30)22-12-5-9-19-8-1-2-10-20(19)22/h1-2,5-10,12,14,16H,3-4,11,13,17H2. The highest BCUT2D eigenvalue weighted by Gasteiger charge is 2.28. The maximum Gasteiger partial charge on any atom is 0.259 e. The molecule has 5 heteroatoms. The van der Waals surface area contributed by atoms with Crippen LogP contribution in [-0.4, -0.2) is 10.9 Å². The number of benzene rings is 2. The number of rotatable bonds is 4. The van der Waals surface area contributed by atoms with Crippen LogP contribution < -0.4 is 4.90 Å². The second kappa shape index (κ2) is 8.33. The van der Waals surface area contributed by atoms with Crippen LogP contribution in [0.1, 0.15) is 44.8 Å². The first kappa shape index (κ1) is 19.5. The third-order valence-corrected chi connectivity index (χ3v) is 7.15. The highest BCUT2D eigenvalue weighted by molar-refractivity contribution is 7.16. The molecule has 0 fully saturated rings. The van der Waals surface area contributed by atoms with Crippen LogP contribution in [0.3, 0.4) is 0 Å². The minimum Gasteiger partial charge on any atom is -0.294 e. The van der Waals surface area contributed by atoms with Gasteiger partial charge in [-0.2, -0.15) is 5.26 Å². The summed E-state index contributed by atoms with van der Waals surface area (Å²) >= 11 is 1.60. The molecule has 0 saturated carbocycles. The zero-order chi connectivity index (χ0) is 21.2. The van der Waals surface area contributed by atoms with Crippen molar-refractivity contribution in [3.63, 3.8) is 0 Å². The second-order valence-corrected chi connectivity index (χ2v) is 8.87. The molecule has 0 saturated heterocycles. The first-order valence-corrected chi connectivity index (χ1v) is 11.3. The van der Waals surface area contributed by atoms with Gasteiger partial charge in [-0.25, -0.2) is 0 Å². The summed E-state index contributed by atoms with van der Waals surface area (Å²) in [6.45, 7) is 0.379. The van der Waals surface area contributed by atoms with E-state index in [1.54, 1.807) is 28.6 Å². The lowest BCUT2D eigenvalue weighted by atomic mass is 9.96. The van der Waals surface area contributed by atoms with Crippen LogP contribution in [0.4, 0.5) is 5.00 Å². The number of nitrogens with zero attached hydrogens (tertiary/aromatic N) is 3. The minimum atomic E-state index is -0.0873. The van der Waals surface area contributed by atoms with E-state index in [0.717, 1.165) is 52.6 Å². The fourth-order valence-corrected chi connectivity index (χ4v) is 5.66. The fourth-order valence-electron chi connectivity index (χ4n) is 4.32. The zero-order valence-electron chi connectivity index (χ0n) is 17.0. The molecule has 1 aliphatic carbocycles. The summed E-state index contributed by atoms with van der Waals surface area (Å²) in [4.78, 5) is 21.2. The Hall–Kier alpha value is -3.49. The van der Waals surface area contributed by atoms with Crippen LogP contribution in [0.2, 0.25) is 0 Å². The first-order valence-electron chi connectivity index (χ1n) is 10.5. The minimum absolute atomic E-state index is 0.0873. The van der Waals surface area contributed by atoms with E-state index in [0.29, 0.717) is 17.7 Å². The van der Waals surface area contributed by atoms with E-state index in [4.69, 9.17) is 0 Å². The number of pyridine rings is 1. The van der Waals surface area contributed by atoms with Gasteiger partial charge >= 0.3 is 0 Å². The zero-order valence-corrected chi connectivity index (χ0v) is 17.9. The van der Waals surface area contributed by atoms with Crippen molar-refractivity contribution in [2.24, 2.45) is 0 Å². The number of aryl methyl sites for hydroxylation is 1. The van der Waals surface area contributed by atoms with Crippen molar-refractivity contribution in [1.82, 2.24) is 4.98 Å². The molecule has 0 N–H and O–H groups in total. The Balaban J connectivity index is 1.66. The van der Waals surface area contributed by atoms with E-state index in [9.17, 15) is 10.1 Å². The van der Waals surface area contributed by atoms with Crippen molar-refractivity contribution in [3.8, 4) is 6.07 Å². The van der Waals surface area contributed by atoms with Gasteiger partial charge in [0.1, 0.15) is 11.1 Å². The van der Waals surface area contributed by atoms with Crippen molar-refractivity contribution in [1.29, 1.82) is 5.26 Å². The summed E-state index contributed by atoms with van der Waals surface area (Å²) in [5, 5.41) is 12.7. The average molecular weight is 424 g/mol. The van der Waals surface area contributed by atoms with Crippen LogP contribution in [0.15, 0.2) is 67.0 Å². The third kappa shape index (κ3) is 3.60. The van der Waals surface area contributed by atoms with Gasteiger partial charge in [0.15, 0.2) is 0 Å². The molecule has 152 valence electrons. The lowest BCUT2D eigenvalue weighted by molar-refractivity contribution is 0.0987. The highest BCUT2D eigenvalue weighted by Crippen LogP contribution is 2.41. The molecule has 0 aliphatic heterocycles. The van der Waals surface area contributed by atoms with E-state index < -0.39 is 0 Å². The van der Waals surface area contributed by atoms with Gasteiger partial charge in [-0.1, -0.05) is 42.5 Å². The number of amides is 1. The van der Waals surface area contributed by atoms with Gasteiger partial charge in [-0.05, 0) is 59.7 Å². The Morgan fingerprint density at radius 2 is 1.90 bits per heavy atom. The molecule has 1 aliphatic rings. The van der Waals surface area contributed by atoms with Gasteiger partial charge in [-0.15, -0.1) is 11.3 Å². The van der Waals surface area contributed by atoms with Crippen LogP contribution >= 0.6 is 11.3 Å². The van der Waals surface area contributed by atoms with Gasteiger partial charge in [-0.3, -0.25) is 14.7 Å². The molecule has 0 atom stereocenters. The average Bonchev–Trinajstić information content (AvgIpc) is 3.20. The number of thiophene rings is 1. The molecule has 5 rings (SSSR count). The molecule has 2 heterocycles. The van der Waals surface area contributed by atoms with Crippen molar-refractivity contribution < 1.29 is 4.79 Å². The number of anilines is 1. The van der Waals surface area contributed by atoms with E-state index in [2.05, 4.69) is 11.1 Å². The maximum absolute atomic E-state index is 13.9. The molecule has 1 amide bonds. The molecule has 0 bridgehead atoms. The topological polar surface area (TPSA) is 57.0 Å². The Morgan fingerprint density at radius 3 is 2.74 bits per heavy atom. The van der Waals surface area contributed by atoms with Crippen LogP contribution in [-0.2, 0) is 19.4 Å². The molecule has 31 heavy (non-hydrogen) atoms. The highest BCUT2D eigenvalue weighted by atomic mass is 32.1. The monoisotopic (exact) mass is 423 g/mol. The van der Waals surface area contributed by atoms with E-state index in [1.807, 2.05) is 54.6 Å². The Labute approximate surface area is 185 Å². The molecule has 2 aromatic carbocycles. The fraction of sp³-hybridized carbons (Fsp3) is 0.192. The summed E-state index contributed by atoms with van der Waals surface area (Å²) < 4.78 is 0. The van der Waals surface area contributed by atoms with Gasteiger partial charge < -0.3 is 0 Å². The molecule has 0 spiro atoms. The number of carbonyl (C=O) groups is 1. The predicted octanol–water partition coefficient (Wildman–Crippen LogP) is 5.89. The molecular weight excluding hydrogens is 402 g/mol. The number of fused-ring (bicyclic) bond motifs is 2. The predicted molar refractivity (Wildman–Crippen MR) is 124 cm³/mol. The summed E-state index contributed by atoms with van der Waals surface area (Å²) in [6, 6.07) is 20.0. The van der Waals surface area contributed by atoms with Gasteiger partial charge in [0.05, 0.1) is 12.1 Å². The van der Waals surface area contributed by atoms with Crippen molar-refractivity contribution in [3.05, 3.63) is 94.1 Å². The third-order valence-electron chi connectivity index (χ3n) is 5.84. The lowest BCUT2D eigenvalue weighted by Gasteiger charge is -2.23. The van der Waals surface area contributed by atoms with Crippen molar-refractivity contribution >= 4 is 33.0 Å². The summed E-state index contributed by atoms with van der Waals surface area (Å²) in [7, 11) is 0. The smallest absolute Gasteiger partial charge is 0.259 e. The van der Waals surface area contributed by atoms with Gasteiger partial charge in [0.25, 0.3) is 5.91 Å². The first-order chi connectivity index (χ1) is 15.3. The number of nitriles is 1. The largest absolute Gasteiger partial charge is 0.294 e. The number of carbonyl (C=O) groups excluding carboxylic acids is 1. The van der Waals surface area contributed by atoms with E-state index >= 15 is 0 Å².